The molecule has 0 radical (unpaired) electrons. The average molecular weight is 595 g/mol. The van der Waals surface area contributed by atoms with Crippen LogP contribution in [0.1, 0.15) is 57.9 Å². The number of rotatable bonds is 9. The largest absolute Gasteiger partial charge is 0.492 e. The molecule has 2 aromatic heterocycles. The molecule has 2 bridgehead atoms. The van der Waals surface area contributed by atoms with Crippen LogP contribution in [-0.2, 0) is 4.79 Å². The fourth-order valence-electron chi connectivity index (χ4n) is 7.77. The number of nitrogens with two attached hydrogens (primary N) is 1. The van der Waals surface area contributed by atoms with E-state index in [0.29, 0.717) is 59.1 Å². The molecule has 4 heterocycles. The fraction of sp³-hybridized carbons (Fsp3) is 0.529. The van der Waals surface area contributed by atoms with Crippen LogP contribution in [-0.4, -0.2) is 70.1 Å². The lowest BCUT2D eigenvalue weighted by molar-refractivity contribution is -0.122. The first-order chi connectivity index (χ1) is 21.3. The van der Waals surface area contributed by atoms with Gasteiger partial charge in [-0.1, -0.05) is 26.0 Å². The molecule has 3 aromatic rings. The molecule has 3 unspecified atom stereocenters. The number of allylic oxidation sites excluding steroid dienone is 1. The highest BCUT2D eigenvalue weighted by molar-refractivity contribution is 5.93. The molecular formula is C34H42N8O2. The van der Waals surface area contributed by atoms with Crippen LogP contribution < -0.4 is 20.7 Å². The van der Waals surface area contributed by atoms with Crippen molar-refractivity contribution >= 4 is 28.4 Å². The Morgan fingerprint density at radius 3 is 2.75 bits per heavy atom. The van der Waals surface area contributed by atoms with E-state index >= 15 is 0 Å². The van der Waals surface area contributed by atoms with Crippen LogP contribution in [0.2, 0.25) is 0 Å². The number of primary amides is 1. The van der Waals surface area contributed by atoms with E-state index in [1.54, 1.807) is 6.20 Å². The average Bonchev–Trinajstić information content (AvgIpc) is 3.84. The number of benzene rings is 1. The Bertz CT molecular complexity index is 1630. The van der Waals surface area contributed by atoms with Gasteiger partial charge in [-0.2, -0.15) is 5.26 Å². The molecule has 2 saturated heterocycles. The summed E-state index contributed by atoms with van der Waals surface area (Å²) >= 11 is 0. The third kappa shape index (κ3) is 5.17. The van der Waals surface area contributed by atoms with Gasteiger partial charge in [-0.15, -0.1) is 0 Å². The fourth-order valence-corrected chi connectivity index (χ4v) is 7.77. The van der Waals surface area contributed by atoms with Crippen molar-refractivity contribution in [1.29, 1.82) is 5.26 Å². The van der Waals surface area contributed by atoms with Crippen LogP contribution >= 0.6 is 0 Å². The third-order valence-corrected chi connectivity index (χ3v) is 10.0. The molecular weight excluding hydrogens is 552 g/mol. The van der Waals surface area contributed by atoms with Gasteiger partial charge >= 0.3 is 0 Å². The minimum Gasteiger partial charge on any atom is -0.492 e. The molecule has 3 fully saturated rings. The number of hydrogen-bond acceptors (Lipinski definition) is 8. The second-order valence-electron chi connectivity index (χ2n) is 13.5. The molecule has 44 heavy (non-hydrogen) atoms. The number of fused-ring (bicyclic) bond motifs is 3. The lowest BCUT2D eigenvalue weighted by Crippen LogP contribution is -2.45. The lowest BCUT2D eigenvalue weighted by atomic mass is 9.85. The highest BCUT2D eigenvalue weighted by Gasteiger charge is 2.51. The van der Waals surface area contributed by atoms with E-state index in [2.05, 4.69) is 69.3 Å². The summed E-state index contributed by atoms with van der Waals surface area (Å²) in [6.45, 7) is 9.43. The number of amides is 1. The molecule has 4 aliphatic rings. The zero-order valence-electron chi connectivity index (χ0n) is 25.7. The van der Waals surface area contributed by atoms with Gasteiger partial charge in [0.15, 0.2) is 5.65 Å². The van der Waals surface area contributed by atoms with Crippen molar-refractivity contribution in [3.8, 4) is 23.2 Å². The van der Waals surface area contributed by atoms with Gasteiger partial charge in [-0.25, -0.2) is 9.97 Å². The van der Waals surface area contributed by atoms with E-state index < -0.39 is 5.54 Å². The molecule has 10 heteroatoms. The number of anilines is 2. The summed E-state index contributed by atoms with van der Waals surface area (Å²) in [6, 6.07) is 9.35. The van der Waals surface area contributed by atoms with E-state index in [0.717, 1.165) is 36.5 Å². The summed E-state index contributed by atoms with van der Waals surface area (Å²) in [6.07, 6.45) is 12.2. The standard InChI is InChI=1S/C34H42N8O2/c1-21(2)20-44-28-16-25(42-13-8-24(9-14-42)41-11-3-4-12-41)5-6-26(28)32-38-30-29(23(18-35)19-37-33(30)39-32)40-34-10-7-22(17-34)15-27(34)31(36)43/h5-7,10,16,19,21-22,24,27H,3-4,8-9,11-15,17,20H2,1-2H3,(H2,36,43)(H2,37,38,39,40). The Morgan fingerprint density at radius 1 is 1.25 bits per heavy atom. The minimum absolute atomic E-state index is 0.297. The predicted molar refractivity (Wildman–Crippen MR) is 171 cm³/mol. The third-order valence-electron chi connectivity index (χ3n) is 10.0. The summed E-state index contributed by atoms with van der Waals surface area (Å²) in [5.41, 5.74) is 9.31. The highest BCUT2D eigenvalue weighted by atomic mass is 16.5. The van der Waals surface area contributed by atoms with Gasteiger partial charge < -0.3 is 30.6 Å². The van der Waals surface area contributed by atoms with Gasteiger partial charge in [-0.05, 0) is 75.6 Å². The Hall–Kier alpha value is -4.10. The van der Waals surface area contributed by atoms with Crippen molar-refractivity contribution in [3.63, 3.8) is 0 Å². The number of H-pyrrole nitrogens is 1. The molecule has 7 rings (SSSR count). The van der Waals surface area contributed by atoms with Crippen LogP contribution in [0.15, 0.2) is 36.5 Å². The maximum Gasteiger partial charge on any atom is 0.223 e. The zero-order valence-corrected chi connectivity index (χ0v) is 25.7. The zero-order chi connectivity index (χ0) is 30.4. The summed E-state index contributed by atoms with van der Waals surface area (Å²) in [5, 5.41) is 13.6. The normalized spacial score (nSPS) is 25.3. The highest BCUT2D eigenvalue weighted by Crippen LogP contribution is 2.49. The number of ether oxygens (including phenoxy) is 1. The SMILES string of the molecule is CC(C)COc1cc(N2CCC(N3CCCC3)CC2)ccc1-c1nc2ncc(C#N)c(NC34C=CC(CC3C(N)=O)C4)c2[nH]1. The maximum atomic E-state index is 12.4. The topological polar surface area (TPSA) is 136 Å². The van der Waals surface area contributed by atoms with Gasteiger partial charge in [-0.3, -0.25) is 4.79 Å². The molecule has 2 aliphatic heterocycles. The molecule has 2 aliphatic carbocycles. The smallest absolute Gasteiger partial charge is 0.223 e. The van der Waals surface area contributed by atoms with Crippen molar-refractivity contribution in [2.24, 2.45) is 23.5 Å². The Kier molecular flexibility index (Phi) is 7.45. The van der Waals surface area contributed by atoms with Gasteiger partial charge in [0.1, 0.15) is 23.2 Å². The second-order valence-corrected chi connectivity index (χ2v) is 13.5. The Morgan fingerprint density at radius 2 is 2.05 bits per heavy atom. The number of nitrogens with one attached hydrogen (secondary N) is 2. The number of aromatic nitrogens is 3. The van der Waals surface area contributed by atoms with E-state index in [1.807, 2.05) is 6.08 Å². The van der Waals surface area contributed by atoms with Gasteiger partial charge in [0.25, 0.3) is 0 Å². The van der Waals surface area contributed by atoms with Gasteiger partial charge in [0.2, 0.25) is 5.91 Å². The van der Waals surface area contributed by atoms with Crippen LogP contribution in [0.25, 0.3) is 22.6 Å². The van der Waals surface area contributed by atoms with Crippen molar-refractivity contribution in [2.45, 2.75) is 64.0 Å². The molecule has 1 aromatic carbocycles. The first-order valence-electron chi connectivity index (χ1n) is 16.2. The first kappa shape index (κ1) is 28.7. The van der Waals surface area contributed by atoms with Crippen molar-refractivity contribution in [3.05, 3.63) is 42.1 Å². The lowest BCUT2D eigenvalue weighted by Gasteiger charge is -2.38. The number of nitrogens with zero attached hydrogens (tertiary/aromatic N) is 5. The van der Waals surface area contributed by atoms with Crippen molar-refractivity contribution in [1.82, 2.24) is 19.9 Å². The minimum atomic E-state index is -0.628. The van der Waals surface area contributed by atoms with Crippen LogP contribution in [0.4, 0.5) is 11.4 Å². The molecule has 4 N–H and O–H groups in total. The van der Waals surface area contributed by atoms with E-state index in [9.17, 15) is 10.1 Å². The number of pyridine rings is 1. The summed E-state index contributed by atoms with van der Waals surface area (Å²) in [5.74, 6) is 1.38. The van der Waals surface area contributed by atoms with Crippen LogP contribution in [0.5, 0.6) is 5.75 Å². The second kappa shape index (κ2) is 11.4. The van der Waals surface area contributed by atoms with E-state index in [1.165, 1.54) is 38.8 Å². The van der Waals surface area contributed by atoms with Gasteiger partial charge in [0, 0.05) is 37.1 Å². The van der Waals surface area contributed by atoms with Crippen LogP contribution in [0, 0.1) is 29.1 Å². The molecule has 1 saturated carbocycles. The van der Waals surface area contributed by atoms with E-state index in [-0.39, 0.29) is 11.8 Å². The van der Waals surface area contributed by atoms with Gasteiger partial charge in [0.05, 0.1) is 34.9 Å². The number of carbonyl (C=O) groups is 1. The summed E-state index contributed by atoms with van der Waals surface area (Å²) < 4.78 is 6.40. The first-order valence-corrected chi connectivity index (χ1v) is 16.2. The van der Waals surface area contributed by atoms with Crippen molar-refractivity contribution in [2.75, 3.05) is 43.0 Å². The number of carbonyl (C=O) groups excluding carboxylic acids is 1. The number of piperidine rings is 1. The summed E-state index contributed by atoms with van der Waals surface area (Å²) in [4.78, 5) is 30.4. The number of aromatic amines is 1. The molecule has 1 amide bonds. The number of imidazole rings is 1. The number of nitriles is 1. The summed E-state index contributed by atoms with van der Waals surface area (Å²) in [7, 11) is 0. The number of likely N-dealkylation sites (tertiary alicyclic amines) is 1. The number of hydrogen-bond donors (Lipinski definition) is 3. The maximum absolute atomic E-state index is 12.4. The molecule has 10 nitrogen and oxygen atoms in total. The quantitative estimate of drug-likeness (QED) is 0.300. The Balaban J connectivity index is 1.21. The van der Waals surface area contributed by atoms with Crippen LogP contribution in [0.3, 0.4) is 0 Å². The molecule has 3 atom stereocenters. The predicted octanol–water partition coefficient (Wildman–Crippen LogP) is 4.83. The molecule has 230 valence electrons. The molecule has 0 spiro atoms. The van der Waals surface area contributed by atoms with Crippen molar-refractivity contribution < 1.29 is 9.53 Å². The Labute approximate surface area is 258 Å². The monoisotopic (exact) mass is 594 g/mol. The van der Waals surface area contributed by atoms with E-state index in [4.69, 9.17) is 15.5 Å².